The lowest BCUT2D eigenvalue weighted by molar-refractivity contribution is -0.143. The number of ether oxygens (including phenoxy) is 1. The topological polar surface area (TPSA) is 58.6 Å². The molecule has 0 bridgehead atoms. The zero-order valence-electron chi connectivity index (χ0n) is 11.7. The predicted molar refractivity (Wildman–Crippen MR) is 71.7 cm³/mol. The van der Waals surface area contributed by atoms with Crippen LogP contribution in [0.1, 0.15) is 46.0 Å². The van der Waals surface area contributed by atoms with E-state index in [0.29, 0.717) is 12.0 Å². The highest BCUT2D eigenvalue weighted by atomic mass is 16.5. The summed E-state index contributed by atoms with van der Waals surface area (Å²) in [5.74, 6) is -0.111. The molecule has 106 valence electrons. The van der Waals surface area contributed by atoms with Crippen molar-refractivity contribution in [1.29, 1.82) is 0 Å². The highest BCUT2D eigenvalue weighted by molar-refractivity contribution is 5.70. The van der Waals surface area contributed by atoms with E-state index in [1.54, 1.807) is 0 Å². The molecule has 4 heteroatoms. The molecule has 2 atom stereocenters. The first kappa shape index (κ1) is 15.4. The van der Waals surface area contributed by atoms with Gasteiger partial charge in [0.2, 0.25) is 0 Å². The lowest BCUT2D eigenvalue weighted by Gasteiger charge is -2.27. The fourth-order valence-corrected chi connectivity index (χ4v) is 2.36. The minimum Gasteiger partial charge on any atom is -0.481 e. The lowest BCUT2D eigenvalue weighted by atomic mass is 9.86. The van der Waals surface area contributed by atoms with Gasteiger partial charge in [0.25, 0.3) is 0 Å². The number of carboxylic acids is 1. The molecule has 0 aromatic heterocycles. The summed E-state index contributed by atoms with van der Waals surface area (Å²) in [5.41, 5.74) is 0. The van der Waals surface area contributed by atoms with Crippen molar-refractivity contribution in [2.75, 3.05) is 19.8 Å². The van der Waals surface area contributed by atoms with Gasteiger partial charge in [-0.15, -0.1) is 0 Å². The molecule has 4 nitrogen and oxygen atoms in total. The Balaban J connectivity index is 2.03. The quantitative estimate of drug-likeness (QED) is 0.655. The zero-order valence-corrected chi connectivity index (χ0v) is 11.7. The summed E-state index contributed by atoms with van der Waals surface area (Å²) in [6.45, 7) is 6.75. The summed E-state index contributed by atoms with van der Waals surface area (Å²) in [6, 6.07) is 0.355. The number of nitrogens with one attached hydrogen (secondary N) is 1. The molecule has 0 aromatic carbocycles. The van der Waals surface area contributed by atoms with Crippen LogP contribution < -0.4 is 5.32 Å². The van der Waals surface area contributed by atoms with Gasteiger partial charge < -0.3 is 15.2 Å². The van der Waals surface area contributed by atoms with Gasteiger partial charge in [-0.25, -0.2) is 0 Å². The second kappa shape index (κ2) is 8.48. The van der Waals surface area contributed by atoms with Gasteiger partial charge in [0, 0.05) is 19.2 Å². The van der Waals surface area contributed by atoms with Crippen LogP contribution >= 0.6 is 0 Å². The van der Waals surface area contributed by atoms with Gasteiger partial charge in [0.15, 0.2) is 0 Å². The first-order chi connectivity index (χ1) is 8.59. The van der Waals surface area contributed by atoms with E-state index in [1.807, 2.05) is 0 Å². The van der Waals surface area contributed by atoms with Crippen molar-refractivity contribution in [3.63, 3.8) is 0 Å². The Morgan fingerprint density at radius 1 is 1.39 bits per heavy atom. The van der Waals surface area contributed by atoms with Crippen LogP contribution in [0.3, 0.4) is 0 Å². The van der Waals surface area contributed by atoms with Gasteiger partial charge in [0.05, 0.1) is 12.5 Å². The lowest BCUT2D eigenvalue weighted by Crippen LogP contribution is -2.38. The van der Waals surface area contributed by atoms with Crippen molar-refractivity contribution in [2.24, 2.45) is 11.8 Å². The van der Waals surface area contributed by atoms with Crippen LogP contribution in [0.25, 0.3) is 0 Å². The van der Waals surface area contributed by atoms with Gasteiger partial charge in [0.1, 0.15) is 0 Å². The number of carbonyl (C=O) groups is 1. The maximum atomic E-state index is 10.9. The first-order valence-corrected chi connectivity index (χ1v) is 7.13. The highest BCUT2D eigenvalue weighted by Crippen LogP contribution is 2.24. The third kappa shape index (κ3) is 6.36. The molecular weight excluding hydrogens is 230 g/mol. The molecule has 1 aliphatic carbocycles. The molecule has 0 amide bonds. The summed E-state index contributed by atoms with van der Waals surface area (Å²) in [7, 11) is 0. The molecule has 0 radical (unpaired) electrons. The van der Waals surface area contributed by atoms with E-state index in [-0.39, 0.29) is 5.92 Å². The van der Waals surface area contributed by atoms with Crippen LogP contribution in [0.4, 0.5) is 0 Å². The summed E-state index contributed by atoms with van der Waals surface area (Å²) >= 11 is 0. The van der Waals surface area contributed by atoms with E-state index < -0.39 is 5.97 Å². The molecule has 0 aromatic rings. The Labute approximate surface area is 110 Å². The van der Waals surface area contributed by atoms with Crippen molar-refractivity contribution in [1.82, 2.24) is 5.32 Å². The van der Waals surface area contributed by atoms with Gasteiger partial charge in [-0.1, -0.05) is 20.3 Å². The second-order valence-electron chi connectivity index (χ2n) is 5.65. The number of carboxylic acid groups (broad SMARTS) is 1. The Kier molecular flexibility index (Phi) is 7.28. The van der Waals surface area contributed by atoms with Crippen molar-refractivity contribution in [3.8, 4) is 0 Å². The van der Waals surface area contributed by atoms with Crippen LogP contribution in [0.5, 0.6) is 0 Å². The Morgan fingerprint density at radius 2 is 2.17 bits per heavy atom. The Bertz CT molecular complexity index is 243. The SMILES string of the molecule is CC(C)CCOCCNC1CCCC(C(=O)O)C1. The normalized spacial score (nSPS) is 24.4. The average molecular weight is 257 g/mol. The van der Waals surface area contributed by atoms with Crippen LogP contribution in [0.2, 0.25) is 0 Å². The molecular formula is C14H27NO3. The largest absolute Gasteiger partial charge is 0.481 e. The summed E-state index contributed by atoms with van der Waals surface area (Å²) in [4.78, 5) is 10.9. The first-order valence-electron chi connectivity index (χ1n) is 7.13. The zero-order chi connectivity index (χ0) is 13.4. The average Bonchev–Trinajstić information content (AvgIpc) is 2.33. The molecule has 0 saturated heterocycles. The van der Waals surface area contributed by atoms with Crippen molar-refractivity contribution < 1.29 is 14.6 Å². The number of hydrogen-bond acceptors (Lipinski definition) is 3. The monoisotopic (exact) mass is 257 g/mol. The van der Waals surface area contributed by atoms with Gasteiger partial charge in [-0.2, -0.15) is 0 Å². The fraction of sp³-hybridized carbons (Fsp3) is 0.929. The number of aliphatic carboxylic acids is 1. The molecule has 1 aliphatic rings. The van der Waals surface area contributed by atoms with Gasteiger partial charge in [-0.3, -0.25) is 4.79 Å². The van der Waals surface area contributed by atoms with Crippen molar-refractivity contribution in [3.05, 3.63) is 0 Å². The molecule has 1 saturated carbocycles. The third-order valence-corrected chi connectivity index (χ3v) is 3.54. The predicted octanol–water partition coefficient (Wildman–Crippen LogP) is 2.28. The Hall–Kier alpha value is -0.610. The van der Waals surface area contributed by atoms with E-state index in [1.165, 1.54) is 0 Å². The van der Waals surface area contributed by atoms with Crippen LogP contribution in [0.15, 0.2) is 0 Å². The van der Waals surface area contributed by atoms with E-state index in [4.69, 9.17) is 9.84 Å². The van der Waals surface area contributed by atoms with E-state index >= 15 is 0 Å². The molecule has 0 spiro atoms. The van der Waals surface area contributed by atoms with E-state index in [9.17, 15) is 4.79 Å². The maximum absolute atomic E-state index is 10.9. The molecule has 2 unspecified atom stereocenters. The van der Waals surface area contributed by atoms with Gasteiger partial charge in [-0.05, 0) is 31.6 Å². The van der Waals surface area contributed by atoms with E-state index in [0.717, 1.165) is 51.9 Å². The fourth-order valence-electron chi connectivity index (χ4n) is 2.36. The maximum Gasteiger partial charge on any atom is 0.306 e. The van der Waals surface area contributed by atoms with Crippen LogP contribution in [-0.2, 0) is 9.53 Å². The molecule has 0 aliphatic heterocycles. The van der Waals surface area contributed by atoms with Crippen molar-refractivity contribution >= 4 is 5.97 Å². The Morgan fingerprint density at radius 3 is 2.83 bits per heavy atom. The number of hydrogen-bond donors (Lipinski definition) is 2. The molecule has 1 fully saturated rings. The second-order valence-corrected chi connectivity index (χ2v) is 5.65. The summed E-state index contributed by atoms with van der Waals surface area (Å²) in [6.07, 6.45) is 4.81. The van der Waals surface area contributed by atoms with Crippen molar-refractivity contribution in [2.45, 2.75) is 52.0 Å². The minimum absolute atomic E-state index is 0.155. The summed E-state index contributed by atoms with van der Waals surface area (Å²) in [5, 5.41) is 12.4. The van der Waals surface area contributed by atoms with Crippen LogP contribution in [-0.4, -0.2) is 36.9 Å². The van der Waals surface area contributed by atoms with Crippen LogP contribution in [0, 0.1) is 11.8 Å². The third-order valence-electron chi connectivity index (χ3n) is 3.54. The smallest absolute Gasteiger partial charge is 0.306 e. The number of rotatable bonds is 8. The van der Waals surface area contributed by atoms with Gasteiger partial charge >= 0.3 is 5.97 Å². The molecule has 18 heavy (non-hydrogen) atoms. The summed E-state index contributed by atoms with van der Waals surface area (Å²) < 4.78 is 5.53. The molecule has 1 rings (SSSR count). The standard InChI is InChI=1S/C14H27NO3/c1-11(2)6-8-18-9-7-15-13-5-3-4-12(10-13)14(16)17/h11-13,15H,3-10H2,1-2H3,(H,16,17). The minimum atomic E-state index is -0.644. The molecule has 0 heterocycles. The molecule has 2 N–H and O–H groups in total. The highest BCUT2D eigenvalue weighted by Gasteiger charge is 2.26. The van der Waals surface area contributed by atoms with E-state index in [2.05, 4.69) is 19.2 Å².